The molecule has 5 heteroatoms. The van der Waals surface area contributed by atoms with Crippen molar-refractivity contribution < 1.29 is 14.3 Å². The topological polar surface area (TPSA) is 55.4 Å². The molecule has 0 unspecified atom stereocenters. The van der Waals surface area contributed by atoms with Gasteiger partial charge in [0.2, 0.25) is 5.91 Å². The lowest BCUT2D eigenvalue weighted by molar-refractivity contribution is -0.118. The predicted octanol–water partition coefficient (Wildman–Crippen LogP) is 1.41. The van der Waals surface area contributed by atoms with Crippen LogP contribution in [0.25, 0.3) is 0 Å². The zero-order chi connectivity index (χ0) is 12.7. The molecular formula is C12H13NO3S. The fourth-order valence-electron chi connectivity index (χ4n) is 1.07. The van der Waals surface area contributed by atoms with Crippen LogP contribution in [0.4, 0.5) is 0 Å². The molecule has 0 fully saturated rings. The van der Waals surface area contributed by atoms with Gasteiger partial charge in [0.15, 0.2) is 0 Å². The Balaban J connectivity index is 2.46. The third kappa shape index (κ3) is 4.70. The Bertz CT molecular complexity index is 468. The van der Waals surface area contributed by atoms with E-state index in [9.17, 15) is 9.59 Å². The molecule has 0 aliphatic carbocycles. The minimum absolute atomic E-state index is 0.0594. The van der Waals surface area contributed by atoms with Gasteiger partial charge in [0.25, 0.3) is 0 Å². The van der Waals surface area contributed by atoms with E-state index in [0.717, 1.165) is 4.88 Å². The fraction of sp³-hybridized carbons (Fsp3) is 0.333. The molecule has 1 N–H and O–H groups in total. The van der Waals surface area contributed by atoms with E-state index in [1.165, 1.54) is 25.4 Å². The molecule has 1 aromatic rings. The SMILES string of the molecule is COC(=O)c1ccc(C#CCCNC(C)=O)s1. The molecule has 1 rings (SSSR count). The number of hydrogen-bond donors (Lipinski definition) is 1. The zero-order valence-corrected chi connectivity index (χ0v) is 10.5. The van der Waals surface area contributed by atoms with Gasteiger partial charge in [-0.05, 0) is 12.1 Å². The van der Waals surface area contributed by atoms with Gasteiger partial charge >= 0.3 is 5.97 Å². The van der Waals surface area contributed by atoms with Gasteiger partial charge in [-0.25, -0.2) is 4.79 Å². The third-order valence-electron chi connectivity index (χ3n) is 1.83. The number of rotatable bonds is 3. The molecule has 4 nitrogen and oxygen atoms in total. The second-order valence-electron chi connectivity index (χ2n) is 3.19. The van der Waals surface area contributed by atoms with Gasteiger partial charge in [0, 0.05) is 19.9 Å². The molecule has 0 saturated carbocycles. The van der Waals surface area contributed by atoms with E-state index < -0.39 is 0 Å². The summed E-state index contributed by atoms with van der Waals surface area (Å²) in [7, 11) is 1.35. The Morgan fingerprint density at radius 1 is 1.47 bits per heavy atom. The average Bonchev–Trinajstić information content (AvgIpc) is 2.76. The number of nitrogens with one attached hydrogen (secondary N) is 1. The Morgan fingerprint density at radius 3 is 2.88 bits per heavy atom. The number of amides is 1. The van der Waals surface area contributed by atoms with Crippen molar-refractivity contribution in [3.63, 3.8) is 0 Å². The smallest absolute Gasteiger partial charge is 0.348 e. The summed E-state index contributed by atoms with van der Waals surface area (Å²) < 4.78 is 4.59. The van der Waals surface area contributed by atoms with E-state index in [1.807, 2.05) is 0 Å². The lowest BCUT2D eigenvalue weighted by atomic mass is 10.3. The quantitative estimate of drug-likeness (QED) is 0.502. The van der Waals surface area contributed by atoms with Crippen LogP contribution in [0.3, 0.4) is 0 Å². The molecule has 0 aliphatic heterocycles. The normalized spacial score (nSPS) is 9.06. The van der Waals surface area contributed by atoms with Crippen LogP contribution >= 0.6 is 11.3 Å². The summed E-state index contributed by atoms with van der Waals surface area (Å²) in [5, 5.41) is 2.65. The summed E-state index contributed by atoms with van der Waals surface area (Å²) in [5.41, 5.74) is 0. The molecule has 17 heavy (non-hydrogen) atoms. The highest BCUT2D eigenvalue weighted by Gasteiger charge is 2.07. The molecule has 90 valence electrons. The van der Waals surface area contributed by atoms with Crippen molar-refractivity contribution >= 4 is 23.2 Å². The van der Waals surface area contributed by atoms with E-state index in [-0.39, 0.29) is 11.9 Å². The van der Waals surface area contributed by atoms with Gasteiger partial charge in [-0.3, -0.25) is 4.79 Å². The fourth-order valence-corrected chi connectivity index (χ4v) is 1.86. The molecule has 0 spiro atoms. The van der Waals surface area contributed by atoms with Crippen molar-refractivity contribution in [1.82, 2.24) is 5.32 Å². The summed E-state index contributed by atoms with van der Waals surface area (Å²) in [4.78, 5) is 23.1. The Hall–Kier alpha value is -1.80. The van der Waals surface area contributed by atoms with Gasteiger partial charge in [0.1, 0.15) is 4.88 Å². The highest BCUT2D eigenvalue weighted by atomic mass is 32.1. The summed E-state index contributed by atoms with van der Waals surface area (Å²) in [5.74, 6) is 5.44. The molecule has 0 atom stereocenters. The van der Waals surface area contributed by atoms with E-state index >= 15 is 0 Å². The van der Waals surface area contributed by atoms with Gasteiger partial charge in [-0.2, -0.15) is 0 Å². The van der Waals surface area contributed by atoms with Crippen molar-refractivity contribution in [2.24, 2.45) is 0 Å². The molecule has 0 saturated heterocycles. The highest BCUT2D eigenvalue weighted by molar-refractivity contribution is 7.14. The molecule has 0 aromatic carbocycles. The third-order valence-corrected chi connectivity index (χ3v) is 2.81. The highest BCUT2D eigenvalue weighted by Crippen LogP contribution is 2.15. The Labute approximate surface area is 104 Å². The van der Waals surface area contributed by atoms with Crippen molar-refractivity contribution in [3.8, 4) is 11.8 Å². The minimum Gasteiger partial charge on any atom is -0.465 e. The lowest BCUT2D eigenvalue weighted by Crippen LogP contribution is -2.20. The number of carbonyl (C=O) groups is 2. The monoisotopic (exact) mass is 251 g/mol. The van der Waals surface area contributed by atoms with Crippen LogP contribution in [-0.4, -0.2) is 25.5 Å². The van der Waals surface area contributed by atoms with Crippen LogP contribution in [0.2, 0.25) is 0 Å². The van der Waals surface area contributed by atoms with Crippen molar-refractivity contribution in [2.45, 2.75) is 13.3 Å². The molecule has 0 bridgehead atoms. The van der Waals surface area contributed by atoms with Crippen molar-refractivity contribution in [2.75, 3.05) is 13.7 Å². The van der Waals surface area contributed by atoms with Crippen LogP contribution in [0.5, 0.6) is 0 Å². The molecule has 0 radical (unpaired) electrons. The number of esters is 1. The summed E-state index contributed by atoms with van der Waals surface area (Å²) in [6.07, 6.45) is 0.588. The van der Waals surface area contributed by atoms with Gasteiger partial charge in [-0.1, -0.05) is 11.8 Å². The average molecular weight is 251 g/mol. The molecule has 1 amide bonds. The summed E-state index contributed by atoms with van der Waals surface area (Å²) in [6, 6.07) is 3.47. The van der Waals surface area contributed by atoms with Crippen molar-refractivity contribution in [3.05, 3.63) is 21.9 Å². The Morgan fingerprint density at radius 2 is 2.24 bits per heavy atom. The first-order chi connectivity index (χ1) is 8.13. The summed E-state index contributed by atoms with van der Waals surface area (Å²) in [6.45, 7) is 2.01. The Kier molecular flexibility index (Phi) is 5.24. The van der Waals surface area contributed by atoms with Crippen LogP contribution in [0.15, 0.2) is 12.1 Å². The standard InChI is InChI=1S/C12H13NO3S/c1-9(14)13-8-4-3-5-10-6-7-11(17-10)12(15)16-2/h6-7H,4,8H2,1-2H3,(H,13,14). The molecule has 0 aliphatic rings. The first kappa shape index (κ1) is 13.3. The second-order valence-corrected chi connectivity index (χ2v) is 4.27. The zero-order valence-electron chi connectivity index (χ0n) is 9.70. The lowest BCUT2D eigenvalue weighted by Gasteiger charge is -1.94. The van der Waals surface area contributed by atoms with Crippen LogP contribution in [-0.2, 0) is 9.53 Å². The van der Waals surface area contributed by atoms with E-state index in [1.54, 1.807) is 12.1 Å². The minimum atomic E-state index is -0.346. The van der Waals surface area contributed by atoms with Crippen LogP contribution < -0.4 is 5.32 Å². The number of hydrogen-bond acceptors (Lipinski definition) is 4. The number of carbonyl (C=O) groups excluding carboxylic acids is 2. The van der Waals surface area contributed by atoms with E-state index in [4.69, 9.17) is 0 Å². The largest absolute Gasteiger partial charge is 0.465 e. The maximum Gasteiger partial charge on any atom is 0.348 e. The van der Waals surface area contributed by atoms with Crippen LogP contribution in [0, 0.1) is 11.8 Å². The van der Waals surface area contributed by atoms with Crippen molar-refractivity contribution in [1.29, 1.82) is 0 Å². The van der Waals surface area contributed by atoms with Gasteiger partial charge in [0.05, 0.1) is 12.0 Å². The van der Waals surface area contributed by atoms with Gasteiger partial charge in [-0.15, -0.1) is 11.3 Å². The predicted molar refractivity (Wildman–Crippen MR) is 65.8 cm³/mol. The molecule has 1 heterocycles. The summed E-state index contributed by atoms with van der Waals surface area (Å²) >= 11 is 1.29. The molecular weight excluding hydrogens is 238 g/mol. The second kappa shape index (κ2) is 6.71. The number of ether oxygens (including phenoxy) is 1. The first-order valence-electron chi connectivity index (χ1n) is 5.05. The molecule has 1 aromatic heterocycles. The van der Waals surface area contributed by atoms with Crippen LogP contribution in [0.1, 0.15) is 27.9 Å². The van der Waals surface area contributed by atoms with E-state index in [0.29, 0.717) is 17.8 Å². The number of methoxy groups -OCH3 is 1. The van der Waals surface area contributed by atoms with Gasteiger partial charge < -0.3 is 10.1 Å². The number of thiophene rings is 1. The maximum absolute atomic E-state index is 11.2. The maximum atomic E-state index is 11.2. The first-order valence-corrected chi connectivity index (χ1v) is 5.86. The van der Waals surface area contributed by atoms with E-state index in [2.05, 4.69) is 21.9 Å².